The maximum absolute atomic E-state index is 12.1. The van der Waals surface area contributed by atoms with E-state index in [0.29, 0.717) is 20.4 Å². The summed E-state index contributed by atoms with van der Waals surface area (Å²) in [6, 6.07) is 8.04. The molecule has 0 radical (unpaired) electrons. The van der Waals surface area contributed by atoms with Gasteiger partial charge in [-0.05, 0) is 24.3 Å². The Labute approximate surface area is 124 Å². The minimum atomic E-state index is -0.347. The van der Waals surface area contributed by atoms with Crippen LogP contribution < -0.4 is 15.7 Å². The van der Waals surface area contributed by atoms with Gasteiger partial charge < -0.3 is 5.32 Å². The fourth-order valence-corrected chi connectivity index (χ4v) is 2.48. The summed E-state index contributed by atoms with van der Waals surface area (Å²) in [4.78, 5) is 28.6. The number of anilines is 1. The third-order valence-corrected chi connectivity index (χ3v) is 4.00. The molecule has 0 unspecified atom stereocenters. The first-order valence-electron chi connectivity index (χ1n) is 5.72. The second kappa shape index (κ2) is 6.02. The van der Waals surface area contributed by atoms with Gasteiger partial charge >= 0.3 is 0 Å². The van der Waals surface area contributed by atoms with Crippen LogP contribution in [0.25, 0.3) is 0 Å². The molecule has 104 valence electrons. The fourth-order valence-electron chi connectivity index (χ4n) is 1.53. The highest BCUT2D eigenvalue weighted by Gasteiger charge is 2.10. The van der Waals surface area contributed by atoms with Crippen molar-refractivity contribution in [2.45, 2.75) is 0 Å². The Hall–Kier alpha value is -1.92. The average Bonchev–Trinajstić information content (AvgIpc) is 2.44. The SMILES string of the molecule is CN=c1sc(C(=O)Nc2ccc(Cl)cc2)cc(=O)n1C. The number of amides is 1. The highest BCUT2D eigenvalue weighted by atomic mass is 35.5. The van der Waals surface area contributed by atoms with Crippen LogP contribution in [0.15, 0.2) is 40.1 Å². The van der Waals surface area contributed by atoms with E-state index >= 15 is 0 Å². The first-order valence-corrected chi connectivity index (χ1v) is 6.91. The van der Waals surface area contributed by atoms with Crippen LogP contribution >= 0.6 is 22.9 Å². The van der Waals surface area contributed by atoms with E-state index in [0.717, 1.165) is 11.3 Å². The number of carbonyl (C=O) groups excluding carboxylic acids is 1. The number of hydrogen-bond donors (Lipinski definition) is 1. The minimum Gasteiger partial charge on any atom is -0.321 e. The smallest absolute Gasteiger partial charge is 0.266 e. The summed E-state index contributed by atoms with van der Waals surface area (Å²) in [6.07, 6.45) is 0. The molecule has 1 aromatic heterocycles. The first-order chi connectivity index (χ1) is 9.51. The van der Waals surface area contributed by atoms with Gasteiger partial charge in [0.15, 0.2) is 4.80 Å². The van der Waals surface area contributed by atoms with Crippen LogP contribution in [0.3, 0.4) is 0 Å². The van der Waals surface area contributed by atoms with Crippen LogP contribution in [0.4, 0.5) is 5.69 Å². The maximum Gasteiger partial charge on any atom is 0.266 e. The molecule has 0 aliphatic carbocycles. The summed E-state index contributed by atoms with van der Waals surface area (Å²) in [5.74, 6) is -0.347. The van der Waals surface area contributed by atoms with Crippen LogP contribution in [-0.4, -0.2) is 17.5 Å². The van der Waals surface area contributed by atoms with Gasteiger partial charge in [-0.3, -0.25) is 19.1 Å². The van der Waals surface area contributed by atoms with Crippen molar-refractivity contribution in [3.05, 3.63) is 55.4 Å². The third-order valence-electron chi connectivity index (χ3n) is 2.59. The molecule has 1 N–H and O–H groups in total. The topological polar surface area (TPSA) is 63.5 Å². The molecule has 0 saturated carbocycles. The molecular weight excluding hydrogens is 298 g/mol. The lowest BCUT2D eigenvalue weighted by molar-refractivity contribution is 0.103. The van der Waals surface area contributed by atoms with Crippen molar-refractivity contribution in [2.24, 2.45) is 12.0 Å². The third kappa shape index (κ3) is 3.15. The summed E-state index contributed by atoms with van der Waals surface area (Å²) in [7, 11) is 3.19. The molecule has 2 rings (SSSR count). The molecule has 0 aliphatic heterocycles. The molecule has 0 spiro atoms. The molecule has 1 aromatic carbocycles. The van der Waals surface area contributed by atoms with Crippen LogP contribution in [0.2, 0.25) is 5.02 Å². The zero-order chi connectivity index (χ0) is 14.7. The highest BCUT2D eigenvalue weighted by molar-refractivity contribution is 7.11. The predicted molar refractivity (Wildman–Crippen MR) is 80.5 cm³/mol. The molecule has 0 bridgehead atoms. The van der Waals surface area contributed by atoms with Gasteiger partial charge in [-0.25, -0.2) is 0 Å². The highest BCUT2D eigenvalue weighted by Crippen LogP contribution is 2.14. The summed E-state index contributed by atoms with van der Waals surface area (Å²) in [6.45, 7) is 0. The Morgan fingerprint density at radius 2 is 2.00 bits per heavy atom. The van der Waals surface area contributed by atoms with Crippen molar-refractivity contribution < 1.29 is 4.79 Å². The van der Waals surface area contributed by atoms with Gasteiger partial charge in [-0.2, -0.15) is 0 Å². The second-order valence-electron chi connectivity index (χ2n) is 3.98. The van der Waals surface area contributed by atoms with Crippen molar-refractivity contribution in [1.82, 2.24) is 4.57 Å². The molecule has 0 aliphatic rings. The van der Waals surface area contributed by atoms with Crippen molar-refractivity contribution >= 4 is 34.5 Å². The van der Waals surface area contributed by atoms with Crippen molar-refractivity contribution in [3.63, 3.8) is 0 Å². The Morgan fingerprint density at radius 1 is 1.35 bits per heavy atom. The lowest BCUT2D eigenvalue weighted by Crippen LogP contribution is -2.30. The number of carbonyl (C=O) groups is 1. The Morgan fingerprint density at radius 3 is 2.60 bits per heavy atom. The van der Waals surface area contributed by atoms with Crippen molar-refractivity contribution in [1.29, 1.82) is 0 Å². The fraction of sp³-hybridized carbons (Fsp3) is 0.154. The summed E-state index contributed by atoms with van der Waals surface area (Å²) < 4.78 is 1.39. The number of rotatable bonds is 2. The lowest BCUT2D eigenvalue weighted by Gasteiger charge is -2.05. The standard InChI is InChI=1S/C13H12ClN3O2S/c1-15-13-17(2)11(18)7-10(20-13)12(19)16-9-5-3-8(14)4-6-9/h3-7H,1-2H3,(H,16,19). The predicted octanol–water partition coefficient (Wildman–Crippen LogP) is 1.88. The van der Waals surface area contributed by atoms with Crippen LogP contribution in [0.5, 0.6) is 0 Å². The van der Waals surface area contributed by atoms with Gasteiger partial charge in [0.1, 0.15) is 4.88 Å². The minimum absolute atomic E-state index is 0.273. The van der Waals surface area contributed by atoms with Gasteiger partial charge in [0.2, 0.25) is 0 Å². The van der Waals surface area contributed by atoms with E-state index in [1.54, 1.807) is 38.4 Å². The first kappa shape index (κ1) is 14.5. The van der Waals surface area contributed by atoms with E-state index in [2.05, 4.69) is 10.3 Å². The Bertz CT molecular complexity index is 762. The van der Waals surface area contributed by atoms with Crippen molar-refractivity contribution in [2.75, 3.05) is 12.4 Å². The van der Waals surface area contributed by atoms with Gasteiger partial charge in [0.25, 0.3) is 11.5 Å². The molecule has 1 heterocycles. The largest absolute Gasteiger partial charge is 0.321 e. The Kier molecular flexibility index (Phi) is 4.36. The second-order valence-corrected chi connectivity index (χ2v) is 5.42. The van der Waals surface area contributed by atoms with E-state index in [1.165, 1.54) is 10.6 Å². The molecule has 0 saturated heterocycles. The zero-order valence-electron chi connectivity index (χ0n) is 10.9. The maximum atomic E-state index is 12.1. The monoisotopic (exact) mass is 309 g/mol. The van der Waals surface area contributed by atoms with Crippen molar-refractivity contribution in [3.8, 4) is 0 Å². The summed E-state index contributed by atoms with van der Waals surface area (Å²) in [5, 5.41) is 3.30. The molecular formula is C13H12ClN3O2S. The zero-order valence-corrected chi connectivity index (χ0v) is 12.5. The van der Waals surface area contributed by atoms with E-state index < -0.39 is 0 Å². The number of halogens is 1. The number of nitrogens with zero attached hydrogens (tertiary/aromatic N) is 2. The molecule has 5 nitrogen and oxygen atoms in total. The molecule has 0 fully saturated rings. The van der Waals surface area contributed by atoms with Crippen LogP contribution in [-0.2, 0) is 7.05 Å². The van der Waals surface area contributed by atoms with Gasteiger partial charge in [0, 0.05) is 30.9 Å². The summed E-state index contributed by atoms with van der Waals surface area (Å²) >= 11 is 6.93. The van der Waals surface area contributed by atoms with Crippen LogP contribution in [0, 0.1) is 0 Å². The average molecular weight is 310 g/mol. The number of nitrogens with one attached hydrogen (secondary N) is 1. The normalized spacial score (nSPS) is 11.4. The van der Waals surface area contributed by atoms with E-state index in [1.807, 2.05) is 0 Å². The lowest BCUT2D eigenvalue weighted by atomic mass is 10.3. The molecule has 1 amide bonds. The molecule has 0 atom stereocenters. The van der Waals surface area contributed by atoms with E-state index in [-0.39, 0.29) is 11.5 Å². The molecule has 2 aromatic rings. The quantitative estimate of drug-likeness (QED) is 0.920. The summed E-state index contributed by atoms with van der Waals surface area (Å²) in [5.41, 5.74) is 0.341. The molecule has 7 heteroatoms. The van der Waals surface area contributed by atoms with Gasteiger partial charge in [-0.1, -0.05) is 22.9 Å². The Balaban J connectivity index is 2.32. The van der Waals surface area contributed by atoms with Gasteiger partial charge in [0.05, 0.1) is 0 Å². The molecule has 20 heavy (non-hydrogen) atoms. The van der Waals surface area contributed by atoms with E-state index in [4.69, 9.17) is 11.6 Å². The number of benzene rings is 1. The van der Waals surface area contributed by atoms with E-state index in [9.17, 15) is 9.59 Å². The van der Waals surface area contributed by atoms with Gasteiger partial charge in [-0.15, -0.1) is 0 Å². The number of aromatic nitrogens is 1. The van der Waals surface area contributed by atoms with Crippen LogP contribution in [0.1, 0.15) is 9.67 Å². The number of hydrogen-bond acceptors (Lipinski definition) is 4.